The first-order chi connectivity index (χ1) is 11.3. The fourth-order valence-electron chi connectivity index (χ4n) is 1.41. The second kappa shape index (κ2) is 23.7. The van der Waals surface area contributed by atoms with Crippen LogP contribution in [0.15, 0.2) is 13.2 Å². The maximum Gasteiger partial charge on any atom is 0.423 e. The Balaban J connectivity index is -0.000000207. The molecule has 0 saturated carbocycles. The number of thiocarbonyl (C=S) groups is 1. The molecule has 8 nitrogen and oxygen atoms in total. The SMILES string of the molecule is C=C.CCCCCNCCSC(=S)N(CC)CC.N.O=S(=O)(O)OO. The smallest absolute Gasteiger partial charge is 0.358 e. The number of nitrogens with one attached hydrogen (secondary N) is 1. The Hall–Kier alpha value is -0.270. The number of unbranched alkanes of at least 4 members (excludes halogenated alkanes) is 2. The summed E-state index contributed by atoms with van der Waals surface area (Å²) in [5.74, 6) is 1.08. The lowest BCUT2D eigenvalue weighted by Crippen LogP contribution is -2.28. The summed E-state index contributed by atoms with van der Waals surface area (Å²) in [5, 5.41) is 10.5. The zero-order valence-electron chi connectivity index (χ0n) is 15.6. The Kier molecular flexibility index (Phi) is 30.8. The molecular formula is C14H35N3O5S3. The summed E-state index contributed by atoms with van der Waals surface area (Å²) in [6.45, 7) is 16.8. The molecule has 0 unspecified atom stereocenters. The predicted octanol–water partition coefficient (Wildman–Crippen LogP) is 3.37. The van der Waals surface area contributed by atoms with E-state index in [2.05, 4.69) is 48.5 Å². The molecule has 0 aromatic heterocycles. The van der Waals surface area contributed by atoms with Gasteiger partial charge in [-0.2, -0.15) is 8.42 Å². The molecular weight excluding hydrogens is 386 g/mol. The third-order valence-electron chi connectivity index (χ3n) is 2.58. The van der Waals surface area contributed by atoms with Gasteiger partial charge in [-0.15, -0.1) is 13.2 Å². The van der Waals surface area contributed by atoms with Gasteiger partial charge in [0.05, 0.1) is 0 Å². The molecule has 0 saturated heterocycles. The lowest BCUT2D eigenvalue weighted by Gasteiger charge is -2.20. The van der Waals surface area contributed by atoms with Crippen molar-refractivity contribution in [2.45, 2.75) is 40.0 Å². The van der Waals surface area contributed by atoms with Gasteiger partial charge in [0.25, 0.3) is 0 Å². The summed E-state index contributed by atoms with van der Waals surface area (Å²) in [5.41, 5.74) is 0. The number of thioether (sulfide) groups is 1. The first-order valence-corrected chi connectivity index (χ1v) is 10.5. The summed E-state index contributed by atoms with van der Waals surface area (Å²) < 4.78 is 29.0. The highest BCUT2D eigenvalue weighted by Gasteiger charge is 2.04. The monoisotopic (exact) mass is 421 g/mol. The summed E-state index contributed by atoms with van der Waals surface area (Å²) >= 11 is 7.15. The van der Waals surface area contributed by atoms with Crippen LogP contribution in [-0.2, 0) is 14.7 Å². The lowest BCUT2D eigenvalue weighted by molar-refractivity contribution is -0.139. The minimum absolute atomic E-state index is 0. The number of hydrogen-bond donors (Lipinski definition) is 4. The highest BCUT2D eigenvalue weighted by molar-refractivity contribution is 8.22. The summed E-state index contributed by atoms with van der Waals surface area (Å²) in [6, 6.07) is 0. The quantitative estimate of drug-likeness (QED) is 0.104. The number of hydrogen-bond acceptors (Lipinski definition) is 8. The first kappa shape index (κ1) is 32.4. The van der Waals surface area contributed by atoms with Gasteiger partial charge in [-0.25, -0.2) is 5.26 Å². The second-order valence-corrected chi connectivity index (χ2v) is 6.98. The van der Waals surface area contributed by atoms with Gasteiger partial charge >= 0.3 is 10.4 Å². The zero-order chi connectivity index (χ0) is 19.4. The molecule has 154 valence electrons. The van der Waals surface area contributed by atoms with Gasteiger partial charge in [0.1, 0.15) is 4.32 Å². The van der Waals surface area contributed by atoms with E-state index in [9.17, 15) is 0 Å². The van der Waals surface area contributed by atoms with Gasteiger partial charge in [0.2, 0.25) is 0 Å². The van der Waals surface area contributed by atoms with Gasteiger partial charge in [-0.3, -0.25) is 4.55 Å². The van der Waals surface area contributed by atoms with Gasteiger partial charge < -0.3 is 16.4 Å². The molecule has 0 radical (unpaired) electrons. The van der Waals surface area contributed by atoms with Crippen molar-refractivity contribution >= 4 is 38.7 Å². The van der Waals surface area contributed by atoms with Crippen molar-refractivity contribution in [3.05, 3.63) is 13.2 Å². The van der Waals surface area contributed by atoms with Gasteiger partial charge in [-0.1, -0.05) is 48.1 Å². The largest absolute Gasteiger partial charge is 0.423 e. The molecule has 0 heterocycles. The van der Waals surface area contributed by atoms with Crippen LogP contribution >= 0.6 is 24.0 Å². The second-order valence-electron chi connectivity index (χ2n) is 4.25. The van der Waals surface area contributed by atoms with Crippen LogP contribution in [0.5, 0.6) is 0 Å². The third-order valence-corrected chi connectivity index (χ3v) is 4.29. The summed E-state index contributed by atoms with van der Waals surface area (Å²) in [6.07, 6.45) is 3.92. The maximum atomic E-state index is 9.08. The van der Waals surface area contributed by atoms with Gasteiger partial charge in [0.15, 0.2) is 0 Å². The van der Waals surface area contributed by atoms with Crippen LogP contribution in [0.2, 0.25) is 0 Å². The Bertz CT molecular complexity index is 380. The minimum atomic E-state index is -4.61. The van der Waals surface area contributed by atoms with Crippen molar-refractivity contribution < 1.29 is 22.6 Å². The molecule has 6 N–H and O–H groups in total. The zero-order valence-corrected chi connectivity index (χ0v) is 18.0. The normalized spacial score (nSPS) is 9.64. The van der Waals surface area contributed by atoms with E-state index in [1.54, 1.807) is 11.8 Å². The van der Waals surface area contributed by atoms with Crippen LogP contribution in [-0.4, -0.2) is 59.4 Å². The molecule has 11 heteroatoms. The lowest BCUT2D eigenvalue weighted by atomic mass is 10.2. The van der Waals surface area contributed by atoms with E-state index in [0.29, 0.717) is 0 Å². The average Bonchev–Trinajstić information content (AvgIpc) is 2.57. The van der Waals surface area contributed by atoms with Crippen LogP contribution < -0.4 is 11.5 Å². The molecule has 0 spiro atoms. The van der Waals surface area contributed by atoms with Crippen LogP contribution in [0.1, 0.15) is 40.0 Å². The van der Waals surface area contributed by atoms with E-state index in [-0.39, 0.29) is 6.15 Å². The third kappa shape index (κ3) is 28.8. The summed E-state index contributed by atoms with van der Waals surface area (Å²) in [7, 11) is -4.61. The average molecular weight is 422 g/mol. The van der Waals surface area contributed by atoms with Crippen LogP contribution in [0, 0.1) is 0 Å². The van der Waals surface area contributed by atoms with E-state index in [1.807, 2.05) is 0 Å². The molecule has 0 aliphatic heterocycles. The fourth-order valence-corrected chi connectivity index (χ4v) is 2.78. The Morgan fingerprint density at radius 1 is 1.20 bits per heavy atom. The topological polar surface area (TPSA) is 134 Å². The number of rotatable bonds is 10. The molecule has 0 aliphatic rings. The Labute approximate surface area is 162 Å². The van der Waals surface area contributed by atoms with Gasteiger partial charge in [-0.05, 0) is 26.8 Å². The maximum absolute atomic E-state index is 9.08. The standard InChI is InChI=1S/C12H26N2S2.C2H4.H3N.H2O5S/c1-4-7-8-9-13-10-11-16-12(15)14(5-2)6-3;1-2;;1-5-6(2,3)4/h13H,4-11H2,1-3H3;1-2H2;1H3;1H,(H,2,3,4). The Morgan fingerprint density at radius 2 is 1.68 bits per heavy atom. The van der Waals surface area contributed by atoms with Crippen molar-refractivity contribution in [3.8, 4) is 0 Å². The number of nitrogens with zero attached hydrogens (tertiary/aromatic N) is 1. The first-order valence-electron chi connectivity index (χ1n) is 7.75. The van der Waals surface area contributed by atoms with Crippen molar-refractivity contribution in [3.63, 3.8) is 0 Å². The van der Waals surface area contributed by atoms with Crippen molar-refractivity contribution in [2.75, 3.05) is 31.9 Å². The van der Waals surface area contributed by atoms with Gasteiger partial charge in [0, 0.05) is 25.4 Å². The molecule has 25 heavy (non-hydrogen) atoms. The molecule has 0 fully saturated rings. The molecule has 0 aromatic rings. The van der Waals surface area contributed by atoms with Crippen molar-refractivity contribution in [1.29, 1.82) is 0 Å². The molecule has 0 bridgehead atoms. The van der Waals surface area contributed by atoms with Crippen LogP contribution in [0.25, 0.3) is 0 Å². The Morgan fingerprint density at radius 3 is 2.04 bits per heavy atom. The van der Waals surface area contributed by atoms with E-state index in [4.69, 9.17) is 30.4 Å². The molecule has 0 aliphatic carbocycles. The van der Waals surface area contributed by atoms with E-state index in [0.717, 1.165) is 36.3 Å². The minimum Gasteiger partial charge on any atom is -0.358 e. The predicted molar refractivity (Wildman–Crippen MR) is 112 cm³/mol. The van der Waals surface area contributed by atoms with Crippen LogP contribution in [0.3, 0.4) is 0 Å². The molecule has 0 amide bonds. The van der Waals surface area contributed by atoms with E-state index in [1.165, 1.54) is 19.3 Å². The van der Waals surface area contributed by atoms with E-state index < -0.39 is 10.4 Å². The highest BCUT2D eigenvalue weighted by atomic mass is 32.3. The molecule has 0 rings (SSSR count). The van der Waals surface area contributed by atoms with Crippen molar-refractivity contribution in [2.24, 2.45) is 0 Å². The molecule has 0 atom stereocenters. The van der Waals surface area contributed by atoms with E-state index >= 15 is 0 Å². The van der Waals surface area contributed by atoms with Crippen molar-refractivity contribution in [1.82, 2.24) is 16.4 Å². The molecule has 0 aromatic carbocycles. The summed E-state index contributed by atoms with van der Waals surface area (Å²) in [4.78, 5) is 2.23. The van der Waals surface area contributed by atoms with Crippen LogP contribution in [0.4, 0.5) is 0 Å². The fraction of sp³-hybridized carbons (Fsp3) is 0.786. The highest BCUT2D eigenvalue weighted by Crippen LogP contribution is 2.08.